The van der Waals surface area contributed by atoms with Crippen LogP contribution in [0.1, 0.15) is 0 Å². The van der Waals surface area contributed by atoms with Crippen molar-refractivity contribution in [3.63, 3.8) is 0 Å². The van der Waals surface area contributed by atoms with Gasteiger partial charge in [-0.3, -0.25) is 0 Å². The Morgan fingerprint density at radius 1 is 0.277 bits per heavy atom. The predicted molar refractivity (Wildman–Crippen MR) is 200 cm³/mol. The van der Waals surface area contributed by atoms with Gasteiger partial charge in [0.2, 0.25) is 0 Å². The lowest BCUT2D eigenvalue weighted by molar-refractivity contribution is 0.669. The van der Waals surface area contributed by atoms with Crippen molar-refractivity contribution in [2.45, 2.75) is 0 Å². The van der Waals surface area contributed by atoms with Crippen molar-refractivity contribution in [1.29, 1.82) is 0 Å². The number of fused-ring (bicyclic) bond motifs is 7. The van der Waals surface area contributed by atoms with Crippen LogP contribution in [0.5, 0.6) is 0 Å². The van der Waals surface area contributed by atoms with E-state index in [0.717, 1.165) is 21.9 Å². The van der Waals surface area contributed by atoms with Gasteiger partial charge in [0.25, 0.3) is 0 Å². The van der Waals surface area contributed by atoms with Crippen molar-refractivity contribution < 1.29 is 4.42 Å². The Balaban J connectivity index is 1.24. The summed E-state index contributed by atoms with van der Waals surface area (Å²) < 4.78 is 6.38. The summed E-state index contributed by atoms with van der Waals surface area (Å²) in [5, 5.41) is 12.2. The molecule has 9 aromatic carbocycles. The first-order chi connectivity index (χ1) is 23.3. The standard InChI is InChI=1S/C46H28O/c1-2-11-29(12-3-1)32-21-23-35-33(25-32)15-10-20-36(35)46-39-18-8-6-16-37(39)45(38-17-7-9-19-40(38)46)34-22-24-43-41(27-34)42-26-30-13-4-5-14-31(30)28-44(42)47-43/h1-28H. The first-order valence-electron chi connectivity index (χ1n) is 16.2. The molecule has 0 unspecified atom stereocenters. The number of benzene rings is 9. The topological polar surface area (TPSA) is 13.1 Å². The van der Waals surface area contributed by atoms with Gasteiger partial charge in [-0.1, -0.05) is 140 Å². The number of furan rings is 1. The fourth-order valence-electron chi connectivity index (χ4n) is 7.66. The van der Waals surface area contributed by atoms with Gasteiger partial charge < -0.3 is 4.42 Å². The lowest BCUT2D eigenvalue weighted by atomic mass is 9.84. The largest absolute Gasteiger partial charge is 0.456 e. The van der Waals surface area contributed by atoms with Crippen LogP contribution in [0, 0.1) is 0 Å². The summed E-state index contributed by atoms with van der Waals surface area (Å²) in [6.07, 6.45) is 0. The van der Waals surface area contributed by atoms with E-state index in [-0.39, 0.29) is 0 Å². The molecule has 0 saturated carbocycles. The average Bonchev–Trinajstić information content (AvgIpc) is 3.49. The number of hydrogen-bond acceptors (Lipinski definition) is 1. The van der Waals surface area contributed by atoms with Crippen LogP contribution in [-0.4, -0.2) is 0 Å². The Bertz CT molecular complexity index is 2780. The third-order valence-corrected chi connectivity index (χ3v) is 9.81. The fraction of sp³-hybridized carbons (Fsp3) is 0. The molecule has 0 atom stereocenters. The summed E-state index contributed by atoms with van der Waals surface area (Å²) in [6, 6.07) is 61.6. The zero-order chi connectivity index (χ0) is 30.9. The Morgan fingerprint density at radius 2 is 0.872 bits per heavy atom. The second kappa shape index (κ2) is 10.2. The summed E-state index contributed by atoms with van der Waals surface area (Å²) in [5.74, 6) is 0. The molecule has 1 heteroatoms. The summed E-state index contributed by atoms with van der Waals surface area (Å²) in [6.45, 7) is 0. The minimum atomic E-state index is 0.912. The summed E-state index contributed by atoms with van der Waals surface area (Å²) >= 11 is 0. The molecule has 1 nitrogen and oxygen atoms in total. The van der Waals surface area contributed by atoms with E-state index in [1.165, 1.54) is 76.5 Å². The smallest absolute Gasteiger partial charge is 0.136 e. The van der Waals surface area contributed by atoms with Crippen molar-refractivity contribution in [1.82, 2.24) is 0 Å². The number of hydrogen-bond donors (Lipinski definition) is 0. The highest BCUT2D eigenvalue weighted by Gasteiger charge is 2.19. The SMILES string of the molecule is c1ccc(-c2ccc3c(-c4c5ccccc5c(-c5ccc6oc7cc8ccccc8cc7c6c5)c5ccccc45)cccc3c2)cc1. The third kappa shape index (κ3) is 4.03. The van der Waals surface area contributed by atoms with Gasteiger partial charge >= 0.3 is 0 Å². The number of rotatable bonds is 3. The van der Waals surface area contributed by atoms with E-state index < -0.39 is 0 Å². The monoisotopic (exact) mass is 596 g/mol. The first kappa shape index (κ1) is 26.1. The quantitative estimate of drug-likeness (QED) is 0.185. The highest BCUT2D eigenvalue weighted by Crippen LogP contribution is 2.46. The molecule has 1 heterocycles. The molecule has 1 aromatic heterocycles. The molecule has 47 heavy (non-hydrogen) atoms. The maximum Gasteiger partial charge on any atom is 0.136 e. The molecule has 0 saturated heterocycles. The Labute approximate surface area is 271 Å². The molecule has 0 aliphatic carbocycles. The minimum absolute atomic E-state index is 0.912. The molecule has 0 spiro atoms. The van der Waals surface area contributed by atoms with Crippen LogP contribution in [-0.2, 0) is 0 Å². The molecular weight excluding hydrogens is 569 g/mol. The van der Waals surface area contributed by atoms with Crippen molar-refractivity contribution in [2.75, 3.05) is 0 Å². The maximum absolute atomic E-state index is 6.38. The van der Waals surface area contributed by atoms with Gasteiger partial charge in [-0.25, -0.2) is 0 Å². The van der Waals surface area contributed by atoms with Crippen molar-refractivity contribution >= 4 is 65.0 Å². The summed E-state index contributed by atoms with van der Waals surface area (Å²) in [4.78, 5) is 0. The molecule has 0 aliphatic rings. The molecule has 0 aliphatic heterocycles. The van der Waals surface area contributed by atoms with Crippen molar-refractivity contribution in [3.8, 4) is 33.4 Å². The average molecular weight is 597 g/mol. The highest BCUT2D eigenvalue weighted by atomic mass is 16.3. The Hall–Kier alpha value is -6.18. The van der Waals surface area contributed by atoms with Crippen LogP contribution in [0.4, 0.5) is 0 Å². The lowest BCUT2D eigenvalue weighted by Crippen LogP contribution is -1.91. The van der Waals surface area contributed by atoms with Gasteiger partial charge in [0, 0.05) is 10.8 Å². The van der Waals surface area contributed by atoms with Crippen LogP contribution in [0.2, 0.25) is 0 Å². The molecule has 0 amide bonds. The molecule has 0 bridgehead atoms. The molecule has 218 valence electrons. The molecule has 0 radical (unpaired) electrons. The molecule has 0 N–H and O–H groups in total. The van der Waals surface area contributed by atoms with Crippen LogP contribution < -0.4 is 0 Å². The zero-order valence-electron chi connectivity index (χ0n) is 25.6. The van der Waals surface area contributed by atoms with E-state index in [4.69, 9.17) is 4.42 Å². The van der Waals surface area contributed by atoms with Gasteiger partial charge in [-0.05, 0) is 107 Å². The van der Waals surface area contributed by atoms with Gasteiger partial charge in [-0.15, -0.1) is 0 Å². The third-order valence-electron chi connectivity index (χ3n) is 9.81. The van der Waals surface area contributed by atoms with Gasteiger partial charge in [-0.2, -0.15) is 0 Å². The first-order valence-corrected chi connectivity index (χ1v) is 16.2. The molecular formula is C46H28O. The van der Waals surface area contributed by atoms with Gasteiger partial charge in [0.1, 0.15) is 11.2 Å². The van der Waals surface area contributed by atoms with E-state index >= 15 is 0 Å². The second-order valence-electron chi connectivity index (χ2n) is 12.5. The predicted octanol–water partition coefficient (Wildman–Crippen LogP) is 13.2. The minimum Gasteiger partial charge on any atom is -0.456 e. The normalized spacial score (nSPS) is 11.8. The Kier molecular flexibility index (Phi) is 5.64. The van der Waals surface area contributed by atoms with E-state index in [0.29, 0.717) is 0 Å². The van der Waals surface area contributed by atoms with Crippen molar-refractivity contribution in [3.05, 3.63) is 170 Å². The van der Waals surface area contributed by atoms with Crippen molar-refractivity contribution in [2.24, 2.45) is 0 Å². The van der Waals surface area contributed by atoms with Gasteiger partial charge in [0.15, 0.2) is 0 Å². The molecule has 10 rings (SSSR count). The fourth-order valence-corrected chi connectivity index (χ4v) is 7.66. The molecule has 0 fully saturated rings. The summed E-state index contributed by atoms with van der Waals surface area (Å²) in [5.41, 5.74) is 9.28. The Morgan fingerprint density at radius 3 is 1.62 bits per heavy atom. The highest BCUT2D eigenvalue weighted by molar-refractivity contribution is 6.24. The van der Waals surface area contributed by atoms with E-state index in [2.05, 4.69) is 170 Å². The maximum atomic E-state index is 6.38. The van der Waals surface area contributed by atoms with Crippen LogP contribution in [0.3, 0.4) is 0 Å². The van der Waals surface area contributed by atoms with E-state index in [9.17, 15) is 0 Å². The van der Waals surface area contributed by atoms with Crippen LogP contribution >= 0.6 is 0 Å². The van der Waals surface area contributed by atoms with Crippen LogP contribution in [0.25, 0.3) is 98.4 Å². The lowest BCUT2D eigenvalue weighted by Gasteiger charge is -2.19. The summed E-state index contributed by atoms with van der Waals surface area (Å²) in [7, 11) is 0. The zero-order valence-corrected chi connectivity index (χ0v) is 25.6. The van der Waals surface area contributed by atoms with Gasteiger partial charge in [0.05, 0.1) is 0 Å². The molecule has 10 aromatic rings. The van der Waals surface area contributed by atoms with E-state index in [1.54, 1.807) is 0 Å². The van der Waals surface area contributed by atoms with E-state index in [1.807, 2.05) is 0 Å². The second-order valence-corrected chi connectivity index (χ2v) is 12.5. The van der Waals surface area contributed by atoms with Crippen LogP contribution in [0.15, 0.2) is 174 Å².